The predicted octanol–water partition coefficient (Wildman–Crippen LogP) is 2.48. The van der Waals surface area contributed by atoms with E-state index in [1.807, 2.05) is 45.9 Å². The third kappa shape index (κ3) is 3.92. The van der Waals surface area contributed by atoms with Crippen LogP contribution in [0.1, 0.15) is 45.1 Å². The Morgan fingerprint density at radius 3 is 2.76 bits per heavy atom. The minimum atomic E-state index is -0.761. The number of carbonyl (C=O) groups is 2. The van der Waals surface area contributed by atoms with E-state index in [2.05, 4.69) is 9.97 Å². The van der Waals surface area contributed by atoms with Gasteiger partial charge in [0.15, 0.2) is 0 Å². The van der Waals surface area contributed by atoms with Crippen molar-refractivity contribution in [3.63, 3.8) is 0 Å². The van der Waals surface area contributed by atoms with Crippen LogP contribution < -0.4 is 5.73 Å². The number of carbonyl (C=O) groups excluding carboxylic acids is 2. The molecule has 136 valence electrons. The molecule has 2 amide bonds. The largest absolute Gasteiger partial charge is 0.445 e. The Morgan fingerprint density at radius 2 is 2.20 bits per heavy atom. The average molecular weight is 346 g/mol. The Hall–Kier alpha value is -2.57. The lowest BCUT2D eigenvalue weighted by Crippen LogP contribution is -2.54. The maximum Gasteiger partial charge on any atom is 0.411 e. The van der Waals surface area contributed by atoms with Crippen molar-refractivity contribution in [2.24, 2.45) is 11.7 Å². The number of primary amides is 1. The SMILES string of the molecule is C/C=C\C(=C/C)COC(=O)N1C(C(N)=O)Cc2[nH]cnc2C1C(C)C. The summed E-state index contributed by atoms with van der Waals surface area (Å²) in [4.78, 5) is 33.6. The summed E-state index contributed by atoms with van der Waals surface area (Å²) in [5.41, 5.74) is 8.06. The van der Waals surface area contributed by atoms with Crippen molar-refractivity contribution in [1.82, 2.24) is 14.9 Å². The van der Waals surface area contributed by atoms with E-state index in [0.29, 0.717) is 6.42 Å². The lowest BCUT2D eigenvalue weighted by Gasteiger charge is -2.40. The number of aromatic amines is 1. The number of amides is 2. The van der Waals surface area contributed by atoms with Gasteiger partial charge in [0, 0.05) is 12.1 Å². The molecule has 2 rings (SSSR count). The molecule has 1 aliphatic heterocycles. The highest BCUT2D eigenvalue weighted by atomic mass is 16.6. The number of nitrogens with two attached hydrogens (primary N) is 1. The molecule has 0 saturated carbocycles. The fraction of sp³-hybridized carbons (Fsp3) is 0.500. The van der Waals surface area contributed by atoms with Gasteiger partial charge < -0.3 is 15.5 Å². The Balaban J connectivity index is 2.30. The second kappa shape index (κ2) is 8.00. The summed E-state index contributed by atoms with van der Waals surface area (Å²) in [7, 11) is 0. The van der Waals surface area contributed by atoms with Gasteiger partial charge in [0.2, 0.25) is 5.91 Å². The molecule has 2 atom stereocenters. The van der Waals surface area contributed by atoms with E-state index in [1.165, 1.54) is 4.90 Å². The zero-order valence-electron chi connectivity index (χ0n) is 15.2. The molecule has 7 heteroatoms. The van der Waals surface area contributed by atoms with Gasteiger partial charge in [0.25, 0.3) is 0 Å². The average Bonchev–Trinajstić information content (AvgIpc) is 3.04. The first kappa shape index (κ1) is 18.8. The van der Waals surface area contributed by atoms with Gasteiger partial charge >= 0.3 is 6.09 Å². The van der Waals surface area contributed by atoms with Gasteiger partial charge in [-0.15, -0.1) is 0 Å². The lowest BCUT2D eigenvalue weighted by molar-refractivity contribution is -0.124. The van der Waals surface area contributed by atoms with Gasteiger partial charge in [-0.05, 0) is 25.3 Å². The number of nitrogens with one attached hydrogen (secondary N) is 1. The third-order valence-corrected chi connectivity index (χ3v) is 4.35. The van der Waals surface area contributed by atoms with Crippen LogP contribution in [0.2, 0.25) is 0 Å². The number of fused-ring (bicyclic) bond motifs is 1. The number of imidazole rings is 1. The normalized spacial score (nSPS) is 20.8. The molecule has 0 aromatic carbocycles. The number of aromatic nitrogens is 2. The van der Waals surface area contributed by atoms with Crippen molar-refractivity contribution in [3.05, 3.63) is 41.5 Å². The number of allylic oxidation sites excluding steroid dienone is 2. The van der Waals surface area contributed by atoms with Crippen LogP contribution in [0, 0.1) is 5.92 Å². The van der Waals surface area contributed by atoms with E-state index in [0.717, 1.165) is 17.0 Å². The van der Waals surface area contributed by atoms with E-state index >= 15 is 0 Å². The zero-order chi connectivity index (χ0) is 18.6. The number of hydrogen-bond acceptors (Lipinski definition) is 4. The second-order valence-corrected chi connectivity index (χ2v) is 6.40. The molecule has 0 radical (unpaired) electrons. The molecule has 7 nitrogen and oxygen atoms in total. The number of ether oxygens (including phenoxy) is 1. The molecule has 0 saturated heterocycles. The van der Waals surface area contributed by atoms with Crippen molar-refractivity contribution in [1.29, 1.82) is 0 Å². The van der Waals surface area contributed by atoms with E-state index in [9.17, 15) is 9.59 Å². The van der Waals surface area contributed by atoms with Crippen LogP contribution in [0.5, 0.6) is 0 Å². The summed E-state index contributed by atoms with van der Waals surface area (Å²) in [5, 5.41) is 0. The van der Waals surface area contributed by atoms with Crippen molar-refractivity contribution >= 4 is 12.0 Å². The molecule has 1 aromatic heterocycles. The van der Waals surface area contributed by atoms with Crippen molar-refractivity contribution < 1.29 is 14.3 Å². The highest BCUT2D eigenvalue weighted by Crippen LogP contribution is 2.36. The topological polar surface area (TPSA) is 101 Å². The smallest absolute Gasteiger partial charge is 0.411 e. The number of H-pyrrole nitrogens is 1. The van der Waals surface area contributed by atoms with Crippen LogP contribution in [0.3, 0.4) is 0 Å². The van der Waals surface area contributed by atoms with Gasteiger partial charge in [0.1, 0.15) is 12.6 Å². The first-order chi connectivity index (χ1) is 11.9. The Labute approximate surface area is 147 Å². The molecule has 1 aliphatic rings. The van der Waals surface area contributed by atoms with E-state index in [1.54, 1.807) is 6.33 Å². The van der Waals surface area contributed by atoms with Crippen LogP contribution in [0.4, 0.5) is 4.79 Å². The second-order valence-electron chi connectivity index (χ2n) is 6.40. The highest BCUT2D eigenvalue weighted by molar-refractivity contribution is 5.85. The summed E-state index contributed by atoms with van der Waals surface area (Å²) in [6, 6.07) is -1.13. The fourth-order valence-corrected chi connectivity index (χ4v) is 3.14. The number of nitrogens with zero attached hydrogens (tertiary/aromatic N) is 2. The molecule has 2 unspecified atom stereocenters. The zero-order valence-corrected chi connectivity index (χ0v) is 15.2. The number of hydrogen-bond donors (Lipinski definition) is 2. The third-order valence-electron chi connectivity index (χ3n) is 4.35. The molecule has 25 heavy (non-hydrogen) atoms. The summed E-state index contributed by atoms with van der Waals surface area (Å²) in [6.07, 6.45) is 6.97. The lowest BCUT2D eigenvalue weighted by atomic mass is 9.89. The molecule has 0 spiro atoms. The molecular formula is C18H26N4O3. The van der Waals surface area contributed by atoms with Crippen LogP contribution in [0.15, 0.2) is 30.1 Å². The van der Waals surface area contributed by atoms with E-state index in [4.69, 9.17) is 10.5 Å². The van der Waals surface area contributed by atoms with Crippen LogP contribution >= 0.6 is 0 Å². The van der Waals surface area contributed by atoms with Crippen molar-refractivity contribution in [2.75, 3.05) is 6.61 Å². The molecular weight excluding hydrogens is 320 g/mol. The van der Waals surface area contributed by atoms with Crippen LogP contribution in [-0.4, -0.2) is 39.5 Å². The standard InChI is InChI=1S/C18H26N4O3/c1-5-7-12(6-2)9-25-18(24)22-14(17(19)23)8-13-15(21-10-20-13)16(22)11(3)4/h5-7,10-11,14,16H,8-9H2,1-4H3,(H2,19,23)(H,20,21)/b7-5-,12-6+. The fourth-order valence-electron chi connectivity index (χ4n) is 3.14. The van der Waals surface area contributed by atoms with E-state index in [-0.39, 0.29) is 18.6 Å². The van der Waals surface area contributed by atoms with Gasteiger partial charge in [-0.1, -0.05) is 32.1 Å². The molecule has 2 heterocycles. The predicted molar refractivity (Wildman–Crippen MR) is 94.6 cm³/mol. The minimum absolute atomic E-state index is 0.0495. The highest BCUT2D eigenvalue weighted by Gasteiger charge is 2.43. The quantitative estimate of drug-likeness (QED) is 0.800. The first-order valence-corrected chi connectivity index (χ1v) is 8.45. The molecule has 0 aliphatic carbocycles. The Kier molecular flexibility index (Phi) is 6.01. The van der Waals surface area contributed by atoms with Crippen molar-refractivity contribution in [2.45, 2.75) is 46.2 Å². The Morgan fingerprint density at radius 1 is 1.48 bits per heavy atom. The van der Waals surface area contributed by atoms with E-state index < -0.39 is 18.0 Å². The van der Waals surface area contributed by atoms with Crippen molar-refractivity contribution in [3.8, 4) is 0 Å². The molecule has 1 aromatic rings. The maximum absolute atomic E-state index is 12.8. The monoisotopic (exact) mass is 346 g/mol. The van der Waals surface area contributed by atoms with Gasteiger partial charge in [-0.3, -0.25) is 9.69 Å². The minimum Gasteiger partial charge on any atom is -0.445 e. The van der Waals surface area contributed by atoms with Crippen LogP contribution in [-0.2, 0) is 16.0 Å². The Bertz CT molecular complexity index is 690. The van der Waals surface area contributed by atoms with Gasteiger partial charge in [0.05, 0.1) is 18.1 Å². The summed E-state index contributed by atoms with van der Waals surface area (Å²) in [6.45, 7) is 7.87. The molecule has 0 bridgehead atoms. The number of rotatable bonds is 5. The first-order valence-electron chi connectivity index (χ1n) is 8.45. The molecule has 0 fully saturated rings. The maximum atomic E-state index is 12.8. The van der Waals surface area contributed by atoms with Crippen LogP contribution in [0.25, 0.3) is 0 Å². The van der Waals surface area contributed by atoms with Gasteiger partial charge in [-0.2, -0.15) is 0 Å². The summed E-state index contributed by atoms with van der Waals surface area (Å²) in [5.74, 6) is -0.504. The van der Waals surface area contributed by atoms with Gasteiger partial charge in [-0.25, -0.2) is 9.78 Å². The summed E-state index contributed by atoms with van der Waals surface area (Å²) < 4.78 is 5.46. The molecule has 3 N–H and O–H groups in total. The summed E-state index contributed by atoms with van der Waals surface area (Å²) >= 11 is 0.